The predicted molar refractivity (Wildman–Crippen MR) is 68.7 cm³/mol. The van der Waals surface area contributed by atoms with E-state index >= 15 is 0 Å². The van der Waals surface area contributed by atoms with Crippen molar-refractivity contribution in [2.45, 2.75) is 52.3 Å². The Hall–Kier alpha value is -0.715. The first kappa shape index (κ1) is 12.4. The number of benzene rings is 1. The van der Waals surface area contributed by atoms with Gasteiger partial charge in [-0.3, -0.25) is 0 Å². The van der Waals surface area contributed by atoms with E-state index in [2.05, 4.69) is 45.9 Å². The first-order chi connectivity index (χ1) is 6.60. The molecule has 0 fully saturated rings. The molecule has 1 heteroatoms. The molecule has 0 aliphatic rings. The summed E-state index contributed by atoms with van der Waals surface area (Å²) in [5, 5.41) is -0.258. The summed E-state index contributed by atoms with van der Waals surface area (Å²) >= 11 is 0. The zero-order valence-corrected chi connectivity index (χ0v) is 10.8. The van der Waals surface area contributed by atoms with E-state index in [9.17, 15) is 0 Å². The highest BCUT2D eigenvalue weighted by Gasteiger charge is 2.19. The maximum Gasteiger partial charge on any atom is 0.0802 e. The molecular weight excluding hydrogens is 179 g/mol. The SMILES string of the molecule is [B]C(C)(C)c1cc(C)cc(C(C)(C)C)c1. The van der Waals surface area contributed by atoms with Crippen LogP contribution in [0.25, 0.3) is 0 Å². The monoisotopic (exact) mass is 200 g/mol. The molecule has 0 spiro atoms. The molecule has 0 aliphatic carbocycles. The lowest BCUT2D eigenvalue weighted by Gasteiger charge is -2.26. The fraction of sp³-hybridized carbons (Fsp3) is 0.571. The molecule has 1 aromatic rings. The van der Waals surface area contributed by atoms with Gasteiger partial charge in [-0.15, -0.1) is 0 Å². The molecule has 0 aromatic heterocycles. The Morgan fingerprint density at radius 1 is 0.867 bits per heavy atom. The van der Waals surface area contributed by atoms with Crippen LogP contribution in [0.2, 0.25) is 0 Å². The Kier molecular flexibility index (Phi) is 3.05. The van der Waals surface area contributed by atoms with Crippen molar-refractivity contribution in [3.63, 3.8) is 0 Å². The molecule has 0 N–H and O–H groups in total. The van der Waals surface area contributed by atoms with Gasteiger partial charge in [0.15, 0.2) is 0 Å². The standard InChI is InChI=1S/C14H21B/c1-10-7-11(13(2,3)4)9-12(8-10)14(5,6)15/h7-9H,1-6H3. The Morgan fingerprint density at radius 3 is 1.73 bits per heavy atom. The van der Waals surface area contributed by atoms with Crippen molar-refractivity contribution in [1.29, 1.82) is 0 Å². The van der Waals surface area contributed by atoms with Crippen molar-refractivity contribution < 1.29 is 0 Å². The molecule has 0 saturated heterocycles. The summed E-state index contributed by atoms with van der Waals surface area (Å²) in [6.07, 6.45) is 0. The van der Waals surface area contributed by atoms with E-state index in [1.807, 2.05) is 13.8 Å². The van der Waals surface area contributed by atoms with Crippen LogP contribution in [-0.4, -0.2) is 7.85 Å². The van der Waals surface area contributed by atoms with Gasteiger partial charge in [0.2, 0.25) is 0 Å². The van der Waals surface area contributed by atoms with E-state index < -0.39 is 0 Å². The van der Waals surface area contributed by atoms with E-state index in [0.29, 0.717) is 0 Å². The quantitative estimate of drug-likeness (QED) is 0.606. The second-order valence-corrected chi connectivity index (χ2v) is 6.06. The van der Waals surface area contributed by atoms with E-state index in [1.54, 1.807) is 0 Å². The molecule has 1 aromatic carbocycles. The summed E-state index contributed by atoms with van der Waals surface area (Å²) in [5.41, 5.74) is 4.05. The molecule has 0 amide bonds. The molecule has 0 aliphatic heterocycles. The van der Waals surface area contributed by atoms with Gasteiger partial charge in [-0.25, -0.2) is 0 Å². The topological polar surface area (TPSA) is 0 Å². The van der Waals surface area contributed by atoms with E-state index in [0.717, 1.165) is 0 Å². The van der Waals surface area contributed by atoms with Crippen molar-refractivity contribution in [2.24, 2.45) is 0 Å². The maximum absolute atomic E-state index is 6.14. The number of aryl methyl sites for hydroxylation is 1. The summed E-state index contributed by atoms with van der Waals surface area (Å²) in [6.45, 7) is 12.9. The van der Waals surface area contributed by atoms with Crippen LogP contribution >= 0.6 is 0 Å². The highest BCUT2D eigenvalue weighted by atomic mass is 14.2. The van der Waals surface area contributed by atoms with Crippen LogP contribution in [0.3, 0.4) is 0 Å². The van der Waals surface area contributed by atoms with Gasteiger partial charge in [0.05, 0.1) is 7.85 Å². The zero-order valence-electron chi connectivity index (χ0n) is 10.8. The summed E-state index contributed by atoms with van der Waals surface area (Å²) in [5.74, 6) is 0. The van der Waals surface area contributed by atoms with E-state index in [4.69, 9.17) is 7.85 Å². The van der Waals surface area contributed by atoms with Crippen LogP contribution in [0.5, 0.6) is 0 Å². The summed E-state index contributed by atoms with van der Waals surface area (Å²) < 4.78 is 0. The smallest absolute Gasteiger partial charge is 0.0639 e. The Morgan fingerprint density at radius 2 is 1.33 bits per heavy atom. The maximum atomic E-state index is 6.14. The zero-order chi connectivity index (χ0) is 11.9. The first-order valence-corrected chi connectivity index (χ1v) is 5.52. The average Bonchev–Trinajstić information content (AvgIpc) is 1.99. The molecule has 15 heavy (non-hydrogen) atoms. The minimum Gasteiger partial charge on any atom is -0.0639 e. The normalized spacial score (nSPS) is 12.9. The number of hydrogen-bond donors (Lipinski definition) is 0. The van der Waals surface area contributed by atoms with Gasteiger partial charge in [0.1, 0.15) is 0 Å². The van der Waals surface area contributed by atoms with Gasteiger partial charge < -0.3 is 0 Å². The van der Waals surface area contributed by atoms with Crippen molar-refractivity contribution in [2.75, 3.05) is 0 Å². The third-order valence-electron chi connectivity index (χ3n) is 2.69. The minimum atomic E-state index is -0.258. The largest absolute Gasteiger partial charge is 0.0802 e. The average molecular weight is 200 g/mol. The highest BCUT2D eigenvalue weighted by molar-refractivity contribution is 6.15. The van der Waals surface area contributed by atoms with Crippen molar-refractivity contribution in [3.05, 3.63) is 34.9 Å². The first-order valence-electron chi connectivity index (χ1n) is 5.52. The Labute approximate surface area is 95.5 Å². The van der Waals surface area contributed by atoms with Gasteiger partial charge in [-0.2, -0.15) is 0 Å². The van der Waals surface area contributed by atoms with Crippen molar-refractivity contribution in [3.8, 4) is 0 Å². The summed E-state index contributed by atoms with van der Waals surface area (Å²) in [4.78, 5) is 0. The Balaban J connectivity index is 3.30. The van der Waals surface area contributed by atoms with E-state index in [1.165, 1.54) is 16.7 Å². The lowest BCUT2D eigenvalue weighted by atomic mass is 9.66. The van der Waals surface area contributed by atoms with Gasteiger partial charge in [-0.05, 0) is 23.2 Å². The molecule has 1 rings (SSSR count). The minimum absolute atomic E-state index is 0.187. The van der Waals surface area contributed by atoms with Gasteiger partial charge in [0.25, 0.3) is 0 Å². The van der Waals surface area contributed by atoms with Crippen LogP contribution in [0, 0.1) is 6.92 Å². The lowest BCUT2D eigenvalue weighted by Crippen LogP contribution is -2.19. The van der Waals surface area contributed by atoms with Gasteiger partial charge in [-0.1, -0.05) is 63.9 Å². The molecule has 0 nitrogen and oxygen atoms in total. The molecule has 0 saturated carbocycles. The molecule has 0 unspecified atom stereocenters. The van der Waals surface area contributed by atoms with Gasteiger partial charge >= 0.3 is 0 Å². The fourth-order valence-corrected chi connectivity index (χ4v) is 1.59. The van der Waals surface area contributed by atoms with Crippen LogP contribution in [0.15, 0.2) is 18.2 Å². The van der Waals surface area contributed by atoms with Gasteiger partial charge in [0, 0.05) is 0 Å². The molecule has 2 radical (unpaired) electrons. The van der Waals surface area contributed by atoms with Crippen LogP contribution in [-0.2, 0) is 10.7 Å². The molecular formula is C14H21B. The lowest BCUT2D eigenvalue weighted by molar-refractivity contribution is 0.586. The molecule has 0 atom stereocenters. The van der Waals surface area contributed by atoms with Crippen LogP contribution in [0.4, 0.5) is 0 Å². The molecule has 0 bridgehead atoms. The van der Waals surface area contributed by atoms with Crippen molar-refractivity contribution in [1.82, 2.24) is 0 Å². The summed E-state index contributed by atoms with van der Waals surface area (Å²) in [7, 11) is 6.14. The van der Waals surface area contributed by atoms with Crippen LogP contribution < -0.4 is 0 Å². The third-order valence-corrected chi connectivity index (χ3v) is 2.69. The third kappa shape index (κ3) is 3.12. The molecule has 80 valence electrons. The second-order valence-electron chi connectivity index (χ2n) is 6.06. The summed E-state index contributed by atoms with van der Waals surface area (Å²) in [6, 6.07) is 6.65. The fourth-order valence-electron chi connectivity index (χ4n) is 1.59. The van der Waals surface area contributed by atoms with Crippen molar-refractivity contribution >= 4 is 7.85 Å². The highest BCUT2D eigenvalue weighted by Crippen LogP contribution is 2.28. The number of hydrogen-bond acceptors (Lipinski definition) is 0. The Bertz CT molecular complexity index is 318. The predicted octanol–water partition coefficient (Wildman–Crippen LogP) is 3.70. The number of rotatable bonds is 1. The second kappa shape index (κ2) is 3.70. The molecule has 0 heterocycles. The van der Waals surface area contributed by atoms with E-state index in [-0.39, 0.29) is 10.7 Å². The van der Waals surface area contributed by atoms with Crippen LogP contribution in [0.1, 0.15) is 51.3 Å².